The van der Waals surface area contributed by atoms with Gasteiger partial charge in [-0.2, -0.15) is 11.3 Å². The quantitative estimate of drug-likeness (QED) is 0.770. The fraction of sp³-hybridized carbons (Fsp3) is 0.333. The van der Waals surface area contributed by atoms with E-state index in [1.165, 1.54) is 17.5 Å². The van der Waals surface area contributed by atoms with Gasteiger partial charge >= 0.3 is 0 Å². The monoisotopic (exact) mass is 244 g/mol. The van der Waals surface area contributed by atoms with Crippen molar-refractivity contribution in [2.24, 2.45) is 5.92 Å². The van der Waals surface area contributed by atoms with Gasteiger partial charge in [-0.3, -0.25) is 0 Å². The van der Waals surface area contributed by atoms with Crippen LogP contribution in [-0.4, -0.2) is 6.61 Å². The van der Waals surface area contributed by atoms with E-state index in [-0.39, 0.29) is 0 Å². The number of ether oxygens (including phenoxy) is 1. The summed E-state index contributed by atoms with van der Waals surface area (Å²) in [6.45, 7) is 1.64. The molecule has 1 nitrogen and oxygen atoms in total. The van der Waals surface area contributed by atoms with Gasteiger partial charge < -0.3 is 4.74 Å². The topological polar surface area (TPSA) is 9.23 Å². The molecule has 17 heavy (non-hydrogen) atoms. The Labute approximate surface area is 106 Å². The highest BCUT2D eigenvalue weighted by Crippen LogP contribution is 2.48. The maximum atomic E-state index is 5.78. The molecule has 3 rings (SSSR count). The van der Waals surface area contributed by atoms with Crippen molar-refractivity contribution in [2.45, 2.75) is 18.9 Å². The van der Waals surface area contributed by atoms with E-state index in [9.17, 15) is 0 Å². The fourth-order valence-electron chi connectivity index (χ4n) is 2.23. The zero-order valence-corrected chi connectivity index (χ0v) is 10.5. The number of hydrogen-bond acceptors (Lipinski definition) is 2. The summed E-state index contributed by atoms with van der Waals surface area (Å²) in [5.74, 6) is 1.50. The zero-order valence-electron chi connectivity index (χ0n) is 9.71. The third kappa shape index (κ3) is 2.76. The molecule has 2 heteroatoms. The standard InChI is InChI=1S/C15H16OS/c1-2-4-12(5-3-1)9-16-10-14-8-15(14)13-6-7-17-11-13/h1-7,11,14-15H,8-10H2/t14-,15-/m0/s1. The summed E-state index contributed by atoms with van der Waals surface area (Å²) in [5.41, 5.74) is 2.77. The Morgan fingerprint density at radius 1 is 1.18 bits per heavy atom. The van der Waals surface area contributed by atoms with Crippen LogP contribution in [0.15, 0.2) is 47.2 Å². The highest BCUT2D eigenvalue weighted by molar-refractivity contribution is 7.08. The minimum absolute atomic E-state index is 0.744. The van der Waals surface area contributed by atoms with Gasteiger partial charge in [0, 0.05) is 0 Å². The largest absolute Gasteiger partial charge is 0.376 e. The average molecular weight is 244 g/mol. The predicted octanol–water partition coefficient (Wildman–Crippen LogP) is 4.07. The van der Waals surface area contributed by atoms with Gasteiger partial charge in [0.05, 0.1) is 13.2 Å². The van der Waals surface area contributed by atoms with Gasteiger partial charge in [-0.15, -0.1) is 0 Å². The van der Waals surface area contributed by atoms with Gasteiger partial charge in [0.25, 0.3) is 0 Å². The van der Waals surface area contributed by atoms with E-state index in [4.69, 9.17) is 4.74 Å². The number of hydrogen-bond donors (Lipinski definition) is 0. The second-order valence-electron chi connectivity index (χ2n) is 4.66. The third-order valence-electron chi connectivity index (χ3n) is 3.34. The van der Waals surface area contributed by atoms with Crippen LogP contribution >= 0.6 is 11.3 Å². The lowest BCUT2D eigenvalue weighted by atomic mass is 10.2. The first-order valence-electron chi connectivity index (χ1n) is 6.07. The van der Waals surface area contributed by atoms with Crippen LogP contribution in [0.3, 0.4) is 0 Å². The molecule has 0 radical (unpaired) electrons. The first-order chi connectivity index (χ1) is 8.43. The number of benzene rings is 1. The third-order valence-corrected chi connectivity index (χ3v) is 4.04. The Morgan fingerprint density at radius 3 is 2.82 bits per heavy atom. The Kier molecular flexibility index (Phi) is 3.25. The predicted molar refractivity (Wildman–Crippen MR) is 71.3 cm³/mol. The number of rotatable bonds is 5. The van der Waals surface area contributed by atoms with E-state index < -0.39 is 0 Å². The van der Waals surface area contributed by atoms with E-state index in [0.717, 1.165) is 25.0 Å². The Bertz CT molecular complexity index is 449. The minimum Gasteiger partial charge on any atom is -0.376 e. The molecule has 1 aliphatic rings. The molecule has 1 aromatic heterocycles. The van der Waals surface area contributed by atoms with Gasteiger partial charge in [-0.1, -0.05) is 30.3 Å². The summed E-state index contributed by atoms with van der Waals surface area (Å²) in [5, 5.41) is 4.43. The van der Waals surface area contributed by atoms with Crippen LogP contribution < -0.4 is 0 Å². The summed E-state index contributed by atoms with van der Waals surface area (Å²) < 4.78 is 5.78. The molecule has 0 saturated heterocycles. The highest BCUT2D eigenvalue weighted by Gasteiger charge is 2.38. The van der Waals surface area contributed by atoms with Crippen molar-refractivity contribution in [3.8, 4) is 0 Å². The fourth-order valence-corrected chi connectivity index (χ4v) is 2.95. The molecule has 1 heterocycles. The average Bonchev–Trinajstić information content (AvgIpc) is 2.93. The Balaban J connectivity index is 1.42. The molecule has 0 unspecified atom stereocenters. The lowest BCUT2D eigenvalue weighted by Gasteiger charge is -2.03. The molecule has 0 spiro atoms. The smallest absolute Gasteiger partial charge is 0.0717 e. The van der Waals surface area contributed by atoms with Crippen molar-refractivity contribution in [3.63, 3.8) is 0 Å². The van der Waals surface area contributed by atoms with Crippen LogP contribution in [0.2, 0.25) is 0 Å². The van der Waals surface area contributed by atoms with Crippen LogP contribution in [0.4, 0.5) is 0 Å². The lowest BCUT2D eigenvalue weighted by molar-refractivity contribution is 0.110. The van der Waals surface area contributed by atoms with E-state index in [1.807, 2.05) is 6.07 Å². The second kappa shape index (κ2) is 5.03. The summed E-state index contributed by atoms with van der Waals surface area (Å²) in [4.78, 5) is 0. The van der Waals surface area contributed by atoms with Gasteiger partial charge in [0.15, 0.2) is 0 Å². The van der Waals surface area contributed by atoms with Gasteiger partial charge in [-0.25, -0.2) is 0 Å². The maximum absolute atomic E-state index is 5.78. The molecule has 0 N–H and O–H groups in total. The summed E-state index contributed by atoms with van der Waals surface area (Å²) in [7, 11) is 0. The molecule has 0 aliphatic heterocycles. The molecule has 0 amide bonds. The molecule has 2 atom stereocenters. The maximum Gasteiger partial charge on any atom is 0.0717 e. The molecule has 1 fully saturated rings. The second-order valence-corrected chi connectivity index (χ2v) is 5.44. The van der Waals surface area contributed by atoms with Gasteiger partial charge in [0.2, 0.25) is 0 Å². The van der Waals surface area contributed by atoms with Gasteiger partial charge in [0.1, 0.15) is 0 Å². The molecule has 1 saturated carbocycles. The Morgan fingerprint density at radius 2 is 2.06 bits per heavy atom. The van der Waals surface area contributed by atoms with Crippen molar-refractivity contribution in [2.75, 3.05) is 6.61 Å². The Hall–Kier alpha value is -1.12. The van der Waals surface area contributed by atoms with E-state index in [2.05, 4.69) is 41.1 Å². The summed E-state index contributed by atoms with van der Waals surface area (Å²) in [6, 6.07) is 12.6. The van der Waals surface area contributed by atoms with E-state index in [0.29, 0.717) is 0 Å². The lowest BCUT2D eigenvalue weighted by Crippen LogP contribution is -1.98. The molecular formula is C15H16OS. The molecule has 88 valence electrons. The highest BCUT2D eigenvalue weighted by atomic mass is 32.1. The SMILES string of the molecule is c1ccc(COC[C@@H]2C[C@H]2c2ccsc2)cc1. The minimum atomic E-state index is 0.744. The van der Waals surface area contributed by atoms with Crippen LogP contribution in [0.25, 0.3) is 0 Å². The van der Waals surface area contributed by atoms with Crippen molar-refractivity contribution >= 4 is 11.3 Å². The molecular weight excluding hydrogens is 228 g/mol. The first kappa shape index (κ1) is 11.0. The van der Waals surface area contributed by atoms with E-state index in [1.54, 1.807) is 11.3 Å². The molecule has 1 aliphatic carbocycles. The zero-order chi connectivity index (χ0) is 11.5. The van der Waals surface area contributed by atoms with Crippen LogP contribution in [-0.2, 0) is 11.3 Å². The van der Waals surface area contributed by atoms with Crippen LogP contribution in [0.1, 0.15) is 23.5 Å². The van der Waals surface area contributed by atoms with Crippen LogP contribution in [0, 0.1) is 5.92 Å². The van der Waals surface area contributed by atoms with Crippen molar-refractivity contribution in [1.29, 1.82) is 0 Å². The normalized spacial score (nSPS) is 22.6. The van der Waals surface area contributed by atoms with Crippen molar-refractivity contribution in [1.82, 2.24) is 0 Å². The molecule has 2 aromatic rings. The molecule has 0 bridgehead atoms. The van der Waals surface area contributed by atoms with Crippen LogP contribution in [0.5, 0.6) is 0 Å². The first-order valence-corrected chi connectivity index (χ1v) is 7.01. The molecule has 1 aromatic carbocycles. The summed E-state index contributed by atoms with van der Waals surface area (Å²) in [6.07, 6.45) is 1.30. The van der Waals surface area contributed by atoms with Crippen molar-refractivity contribution < 1.29 is 4.74 Å². The van der Waals surface area contributed by atoms with Crippen molar-refractivity contribution in [3.05, 3.63) is 58.3 Å². The summed E-state index contributed by atoms with van der Waals surface area (Å²) >= 11 is 1.79. The van der Waals surface area contributed by atoms with Gasteiger partial charge in [-0.05, 0) is 46.2 Å². The van der Waals surface area contributed by atoms with E-state index >= 15 is 0 Å². The number of thiophene rings is 1.